The van der Waals surface area contributed by atoms with Crippen LogP contribution in [0.4, 0.5) is 0 Å². The van der Waals surface area contributed by atoms with E-state index in [4.69, 9.17) is 16.0 Å². The van der Waals surface area contributed by atoms with Crippen LogP contribution in [-0.2, 0) is 0 Å². The number of hydrogen-bond donors (Lipinski definition) is 0. The number of fused-ring (bicyclic) bond motifs is 2. The molecule has 0 bridgehead atoms. The van der Waals surface area contributed by atoms with Gasteiger partial charge in [0.25, 0.3) is 0 Å². The molecule has 5 nitrogen and oxygen atoms in total. The topological polar surface area (TPSA) is 56.2 Å². The van der Waals surface area contributed by atoms with E-state index in [0.29, 0.717) is 22.4 Å². The van der Waals surface area contributed by atoms with Crippen LogP contribution in [0.2, 0.25) is 5.15 Å². The Labute approximate surface area is 118 Å². The molecule has 3 aromatic heterocycles. The summed E-state index contributed by atoms with van der Waals surface area (Å²) in [5.74, 6) is 1.20. The van der Waals surface area contributed by atoms with Gasteiger partial charge in [0.2, 0.25) is 5.82 Å². The summed E-state index contributed by atoms with van der Waals surface area (Å²) in [7, 11) is 0. The van der Waals surface area contributed by atoms with Crippen LogP contribution in [0, 0.1) is 6.92 Å². The van der Waals surface area contributed by atoms with Crippen LogP contribution in [0.5, 0.6) is 0 Å². The molecule has 0 N–H and O–H groups in total. The fraction of sp³-hybridized carbons (Fsp3) is 0.0714. The van der Waals surface area contributed by atoms with Crippen molar-refractivity contribution in [3.63, 3.8) is 0 Å². The fourth-order valence-corrected chi connectivity index (χ4v) is 2.47. The molecule has 0 aliphatic carbocycles. The number of aromatic nitrogens is 4. The number of hydrogen-bond acceptors (Lipinski definition) is 4. The molecule has 0 radical (unpaired) electrons. The Bertz CT molecular complexity index is 941. The lowest BCUT2D eigenvalue weighted by Gasteiger charge is -1.97. The van der Waals surface area contributed by atoms with Gasteiger partial charge in [-0.3, -0.25) is 9.38 Å². The fourth-order valence-electron chi connectivity index (χ4n) is 2.25. The molecule has 0 unspecified atom stereocenters. The predicted octanol–water partition coefficient (Wildman–Crippen LogP) is 3.50. The Hall–Kier alpha value is -2.40. The van der Waals surface area contributed by atoms with E-state index < -0.39 is 0 Å². The second-order valence-electron chi connectivity index (χ2n) is 4.60. The summed E-state index contributed by atoms with van der Waals surface area (Å²) >= 11 is 6.16. The van der Waals surface area contributed by atoms with E-state index in [2.05, 4.69) is 21.2 Å². The zero-order valence-corrected chi connectivity index (χ0v) is 11.3. The van der Waals surface area contributed by atoms with E-state index in [0.717, 1.165) is 11.0 Å². The van der Waals surface area contributed by atoms with Gasteiger partial charge in [-0.2, -0.15) is 0 Å². The number of benzene rings is 1. The molecule has 6 heteroatoms. The SMILES string of the molecule is Cc1ccc2oc(-c3nnc4cncc(Cl)n34)cc2c1. The summed E-state index contributed by atoms with van der Waals surface area (Å²) in [6.45, 7) is 2.04. The molecule has 4 aromatic rings. The van der Waals surface area contributed by atoms with Crippen molar-refractivity contribution < 1.29 is 4.42 Å². The zero-order chi connectivity index (χ0) is 13.7. The maximum absolute atomic E-state index is 6.16. The third kappa shape index (κ3) is 1.60. The van der Waals surface area contributed by atoms with Crippen molar-refractivity contribution in [2.45, 2.75) is 6.92 Å². The van der Waals surface area contributed by atoms with Gasteiger partial charge in [0, 0.05) is 5.39 Å². The Kier molecular flexibility index (Phi) is 2.31. The molecule has 0 saturated heterocycles. The van der Waals surface area contributed by atoms with Crippen molar-refractivity contribution in [3.8, 4) is 11.6 Å². The van der Waals surface area contributed by atoms with Gasteiger partial charge in [-0.1, -0.05) is 23.2 Å². The smallest absolute Gasteiger partial charge is 0.205 e. The van der Waals surface area contributed by atoms with Gasteiger partial charge in [-0.25, -0.2) is 0 Å². The standard InChI is InChI=1S/C14H9ClN4O/c1-8-2-3-10-9(4-8)5-11(20-10)14-18-17-13-7-16-6-12(15)19(13)14/h2-7H,1H3. The molecule has 0 atom stereocenters. The van der Waals surface area contributed by atoms with Crippen molar-refractivity contribution in [1.29, 1.82) is 0 Å². The highest BCUT2D eigenvalue weighted by molar-refractivity contribution is 6.29. The molecular formula is C14H9ClN4O. The molecule has 20 heavy (non-hydrogen) atoms. The normalized spacial score (nSPS) is 11.5. The first-order valence-corrected chi connectivity index (χ1v) is 6.45. The first-order valence-electron chi connectivity index (χ1n) is 6.07. The molecule has 0 aliphatic heterocycles. The van der Waals surface area contributed by atoms with Crippen molar-refractivity contribution in [2.75, 3.05) is 0 Å². The summed E-state index contributed by atoms with van der Waals surface area (Å²) in [6.07, 6.45) is 3.16. The number of halogens is 1. The molecular weight excluding hydrogens is 276 g/mol. The van der Waals surface area contributed by atoms with Crippen LogP contribution < -0.4 is 0 Å². The van der Waals surface area contributed by atoms with E-state index in [9.17, 15) is 0 Å². The summed E-state index contributed by atoms with van der Waals surface area (Å²) in [4.78, 5) is 3.99. The van der Waals surface area contributed by atoms with Gasteiger partial charge in [-0.05, 0) is 25.1 Å². The molecule has 1 aromatic carbocycles. The maximum atomic E-state index is 6.16. The molecule has 3 heterocycles. The van der Waals surface area contributed by atoms with Crippen LogP contribution in [0.25, 0.3) is 28.2 Å². The Morgan fingerprint density at radius 1 is 1.15 bits per heavy atom. The predicted molar refractivity (Wildman–Crippen MR) is 75.7 cm³/mol. The van der Waals surface area contributed by atoms with E-state index >= 15 is 0 Å². The van der Waals surface area contributed by atoms with E-state index in [1.807, 2.05) is 25.1 Å². The minimum absolute atomic E-state index is 0.444. The minimum atomic E-state index is 0.444. The Morgan fingerprint density at radius 3 is 2.95 bits per heavy atom. The number of nitrogens with zero attached hydrogens (tertiary/aromatic N) is 4. The molecule has 0 spiro atoms. The van der Waals surface area contributed by atoms with Gasteiger partial charge >= 0.3 is 0 Å². The quantitative estimate of drug-likeness (QED) is 0.537. The summed E-state index contributed by atoms with van der Waals surface area (Å²) < 4.78 is 7.54. The second-order valence-corrected chi connectivity index (χ2v) is 4.99. The van der Waals surface area contributed by atoms with Crippen molar-refractivity contribution in [1.82, 2.24) is 19.6 Å². The van der Waals surface area contributed by atoms with Crippen molar-refractivity contribution >= 4 is 28.2 Å². The number of aryl methyl sites for hydroxylation is 1. The lowest BCUT2D eigenvalue weighted by atomic mass is 10.2. The van der Waals surface area contributed by atoms with Crippen LogP contribution in [0.15, 0.2) is 41.1 Å². The summed E-state index contributed by atoms with van der Waals surface area (Å²) in [5, 5.41) is 9.66. The van der Waals surface area contributed by atoms with Crippen LogP contribution >= 0.6 is 11.6 Å². The monoisotopic (exact) mass is 284 g/mol. The molecule has 0 aliphatic rings. The Balaban J connectivity index is 2.01. The van der Waals surface area contributed by atoms with E-state index in [1.54, 1.807) is 16.8 Å². The largest absolute Gasteiger partial charge is 0.453 e. The van der Waals surface area contributed by atoms with Gasteiger partial charge in [-0.15, -0.1) is 10.2 Å². The highest BCUT2D eigenvalue weighted by Gasteiger charge is 2.15. The second kappa shape index (κ2) is 4.05. The zero-order valence-electron chi connectivity index (χ0n) is 10.5. The first kappa shape index (κ1) is 11.4. The average Bonchev–Trinajstić information content (AvgIpc) is 3.01. The maximum Gasteiger partial charge on any atom is 0.205 e. The van der Waals surface area contributed by atoms with Crippen molar-refractivity contribution in [3.05, 3.63) is 47.4 Å². The third-order valence-corrected chi connectivity index (χ3v) is 3.43. The van der Waals surface area contributed by atoms with Gasteiger partial charge < -0.3 is 4.42 Å². The molecule has 0 amide bonds. The van der Waals surface area contributed by atoms with Crippen LogP contribution in [0.3, 0.4) is 0 Å². The van der Waals surface area contributed by atoms with Gasteiger partial charge in [0.05, 0.1) is 12.4 Å². The molecule has 98 valence electrons. The van der Waals surface area contributed by atoms with Crippen molar-refractivity contribution in [2.24, 2.45) is 0 Å². The lowest BCUT2D eigenvalue weighted by molar-refractivity contribution is 0.624. The van der Waals surface area contributed by atoms with Crippen LogP contribution in [0.1, 0.15) is 5.56 Å². The molecule has 0 fully saturated rings. The summed E-state index contributed by atoms with van der Waals surface area (Å²) in [6, 6.07) is 7.96. The lowest BCUT2D eigenvalue weighted by Crippen LogP contribution is -1.91. The highest BCUT2D eigenvalue weighted by atomic mass is 35.5. The molecule has 0 saturated carbocycles. The first-order chi connectivity index (χ1) is 9.72. The molecule has 4 rings (SSSR count). The highest BCUT2D eigenvalue weighted by Crippen LogP contribution is 2.28. The minimum Gasteiger partial charge on any atom is -0.453 e. The number of rotatable bonds is 1. The van der Waals surface area contributed by atoms with E-state index in [-0.39, 0.29) is 0 Å². The Morgan fingerprint density at radius 2 is 2.05 bits per heavy atom. The van der Waals surface area contributed by atoms with Crippen LogP contribution in [-0.4, -0.2) is 19.6 Å². The third-order valence-electron chi connectivity index (χ3n) is 3.16. The van der Waals surface area contributed by atoms with Gasteiger partial charge in [0.1, 0.15) is 10.7 Å². The van der Waals surface area contributed by atoms with Gasteiger partial charge in [0.15, 0.2) is 11.4 Å². The number of furan rings is 1. The average molecular weight is 285 g/mol. The van der Waals surface area contributed by atoms with E-state index in [1.165, 1.54) is 5.56 Å². The summed E-state index contributed by atoms with van der Waals surface area (Å²) in [5.41, 5.74) is 2.58.